The summed E-state index contributed by atoms with van der Waals surface area (Å²) < 4.78 is 28.4. The number of aromatic nitrogens is 1. The molecular weight excluding hydrogens is 527 g/mol. The van der Waals surface area contributed by atoms with Gasteiger partial charge in [0.05, 0.1) is 15.1 Å². The number of nitrogens with zero attached hydrogens (tertiary/aromatic N) is 4. The molecule has 0 aliphatic carbocycles. The third-order valence-corrected chi connectivity index (χ3v) is 8.70. The van der Waals surface area contributed by atoms with Crippen molar-refractivity contribution in [1.82, 2.24) is 14.2 Å². The zero-order valence-corrected chi connectivity index (χ0v) is 23.6. The third kappa shape index (κ3) is 7.15. The Kier molecular flexibility index (Phi) is 10.9. The number of halogens is 2. The molecule has 2 aromatic carbocycles. The van der Waals surface area contributed by atoms with E-state index in [1.165, 1.54) is 27.8 Å². The summed E-state index contributed by atoms with van der Waals surface area (Å²) in [4.78, 5) is 22.0. The van der Waals surface area contributed by atoms with Crippen LogP contribution in [0.4, 0.5) is 5.13 Å². The number of amides is 1. The molecule has 1 amide bonds. The first kappa shape index (κ1) is 29.5. The Hall–Kier alpha value is -1.75. The van der Waals surface area contributed by atoms with Crippen LogP contribution in [0.2, 0.25) is 5.02 Å². The Morgan fingerprint density at radius 1 is 1.03 bits per heavy atom. The third-order valence-electron chi connectivity index (χ3n) is 5.44. The van der Waals surface area contributed by atoms with Gasteiger partial charge in [-0.3, -0.25) is 9.69 Å². The van der Waals surface area contributed by atoms with E-state index in [0.29, 0.717) is 41.9 Å². The predicted octanol–water partition coefficient (Wildman–Crippen LogP) is 5.39. The van der Waals surface area contributed by atoms with E-state index in [4.69, 9.17) is 11.6 Å². The van der Waals surface area contributed by atoms with Gasteiger partial charge in [-0.2, -0.15) is 4.31 Å². The number of rotatable bonds is 11. The number of thiazole rings is 1. The van der Waals surface area contributed by atoms with E-state index in [1.54, 1.807) is 23.1 Å². The van der Waals surface area contributed by atoms with Gasteiger partial charge in [0, 0.05) is 36.8 Å². The van der Waals surface area contributed by atoms with Crippen LogP contribution >= 0.6 is 35.3 Å². The second kappa shape index (κ2) is 13.0. The van der Waals surface area contributed by atoms with Gasteiger partial charge in [0.15, 0.2) is 5.13 Å². The molecule has 0 fully saturated rings. The van der Waals surface area contributed by atoms with E-state index in [0.717, 1.165) is 23.1 Å². The lowest BCUT2D eigenvalue weighted by atomic mass is 10.2. The number of hydrogen-bond donors (Lipinski definition) is 0. The van der Waals surface area contributed by atoms with Gasteiger partial charge in [0.2, 0.25) is 10.0 Å². The molecule has 3 rings (SSSR count). The highest BCUT2D eigenvalue weighted by molar-refractivity contribution is 7.89. The van der Waals surface area contributed by atoms with Crippen LogP contribution in [-0.4, -0.2) is 68.8 Å². The Morgan fingerprint density at radius 2 is 1.71 bits per heavy atom. The Bertz CT molecular complexity index is 1230. The number of carbonyl (C=O) groups excluding carboxylic acids is 1. The van der Waals surface area contributed by atoms with Crippen molar-refractivity contribution in [2.75, 3.05) is 45.2 Å². The van der Waals surface area contributed by atoms with E-state index < -0.39 is 10.0 Å². The normalized spacial score (nSPS) is 11.7. The minimum Gasteiger partial charge on any atom is -0.308 e. The van der Waals surface area contributed by atoms with Crippen molar-refractivity contribution in [3.8, 4) is 0 Å². The van der Waals surface area contributed by atoms with Gasteiger partial charge in [-0.1, -0.05) is 43.2 Å². The van der Waals surface area contributed by atoms with Crippen LogP contribution in [0.25, 0.3) is 10.2 Å². The Labute approximate surface area is 223 Å². The molecule has 3 aromatic rings. The largest absolute Gasteiger partial charge is 0.308 e. The number of carbonyl (C=O) groups is 1. The molecule has 0 radical (unpaired) electrons. The van der Waals surface area contributed by atoms with Gasteiger partial charge in [0.25, 0.3) is 5.91 Å². The summed E-state index contributed by atoms with van der Waals surface area (Å²) in [6, 6.07) is 11.6. The van der Waals surface area contributed by atoms with E-state index >= 15 is 0 Å². The van der Waals surface area contributed by atoms with Gasteiger partial charge in [-0.15, -0.1) is 12.4 Å². The molecule has 35 heavy (non-hydrogen) atoms. The molecule has 0 N–H and O–H groups in total. The summed E-state index contributed by atoms with van der Waals surface area (Å²) in [5.41, 5.74) is 1.19. The number of anilines is 1. The molecule has 0 aliphatic rings. The Balaban J connectivity index is 0.00000432. The summed E-state index contributed by atoms with van der Waals surface area (Å²) in [6.07, 6.45) is 1.72. The molecule has 0 saturated carbocycles. The average molecular weight is 560 g/mol. The second-order valence-electron chi connectivity index (χ2n) is 8.24. The maximum atomic E-state index is 13.5. The van der Waals surface area contributed by atoms with Crippen molar-refractivity contribution in [3.05, 3.63) is 53.1 Å². The van der Waals surface area contributed by atoms with Gasteiger partial charge in [-0.05, 0) is 63.0 Å². The van der Waals surface area contributed by atoms with Crippen LogP contribution in [0.15, 0.2) is 47.4 Å². The highest BCUT2D eigenvalue weighted by atomic mass is 35.5. The lowest BCUT2D eigenvalue weighted by molar-refractivity contribution is 0.0985. The van der Waals surface area contributed by atoms with E-state index in [9.17, 15) is 13.2 Å². The topological polar surface area (TPSA) is 73.8 Å². The lowest BCUT2D eigenvalue weighted by Gasteiger charge is -2.23. The van der Waals surface area contributed by atoms with Crippen LogP contribution in [-0.2, 0) is 10.0 Å². The predicted molar refractivity (Wildman–Crippen MR) is 148 cm³/mol. The molecule has 0 bridgehead atoms. The molecule has 1 heterocycles. The van der Waals surface area contributed by atoms with Crippen LogP contribution in [0.5, 0.6) is 0 Å². The van der Waals surface area contributed by atoms with Gasteiger partial charge in [-0.25, -0.2) is 13.4 Å². The fourth-order valence-electron chi connectivity index (χ4n) is 3.44. The molecule has 192 valence electrons. The first-order chi connectivity index (χ1) is 16.2. The maximum Gasteiger partial charge on any atom is 0.260 e. The fourth-order valence-corrected chi connectivity index (χ4v) is 6.20. The van der Waals surface area contributed by atoms with Crippen molar-refractivity contribution in [1.29, 1.82) is 0 Å². The van der Waals surface area contributed by atoms with Crippen LogP contribution < -0.4 is 4.90 Å². The number of benzene rings is 2. The summed E-state index contributed by atoms with van der Waals surface area (Å²) in [7, 11) is 0.284. The number of unbranched alkanes of at least 4 members (excludes halogenated alkanes) is 1. The van der Waals surface area contributed by atoms with Gasteiger partial charge >= 0.3 is 0 Å². The van der Waals surface area contributed by atoms with Crippen LogP contribution in [0, 0.1) is 0 Å². The zero-order valence-electron chi connectivity index (χ0n) is 20.4. The zero-order chi connectivity index (χ0) is 24.9. The Morgan fingerprint density at radius 3 is 2.31 bits per heavy atom. The first-order valence-corrected chi connectivity index (χ1v) is 13.9. The molecule has 0 atom stereocenters. The minimum atomic E-state index is -3.60. The van der Waals surface area contributed by atoms with E-state index in [1.807, 2.05) is 45.0 Å². The first-order valence-electron chi connectivity index (χ1n) is 11.3. The van der Waals surface area contributed by atoms with Crippen molar-refractivity contribution in [2.45, 2.75) is 31.6 Å². The molecule has 1 aromatic heterocycles. The standard InChI is InChI=1S/C24H31ClN4O3S2.ClH/c1-5-7-14-28(6-2)34(31,32)20-11-8-18(9-12-20)23(30)29(16-15-27(3)4)24-26-21-13-10-19(25)17-22(21)33-24;/h8-13,17H,5-7,14-16H2,1-4H3;1H. The summed E-state index contributed by atoms with van der Waals surface area (Å²) in [5, 5.41) is 1.20. The molecule has 0 unspecified atom stereocenters. The summed E-state index contributed by atoms with van der Waals surface area (Å²) in [6.45, 7) is 5.85. The van der Waals surface area contributed by atoms with E-state index in [2.05, 4.69) is 4.98 Å². The molecule has 0 spiro atoms. The highest BCUT2D eigenvalue weighted by Crippen LogP contribution is 2.31. The molecular formula is C24H32Cl2N4O3S2. The van der Waals surface area contributed by atoms with Gasteiger partial charge in [0.1, 0.15) is 0 Å². The molecule has 0 aliphatic heterocycles. The number of hydrogen-bond acceptors (Lipinski definition) is 6. The maximum absolute atomic E-state index is 13.5. The number of fused-ring (bicyclic) bond motifs is 1. The summed E-state index contributed by atoms with van der Waals surface area (Å²) in [5.74, 6) is -0.228. The van der Waals surface area contributed by atoms with E-state index in [-0.39, 0.29) is 23.2 Å². The van der Waals surface area contributed by atoms with Crippen molar-refractivity contribution in [3.63, 3.8) is 0 Å². The number of likely N-dealkylation sites (N-methyl/N-ethyl adjacent to an activating group) is 1. The highest BCUT2D eigenvalue weighted by Gasteiger charge is 2.25. The SMILES string of the molecule is CCCCN(CC)S(=O)(=O)c1ccc(C(=O)N(CCN(C)C)c2nc3ccc(Cl)cc3s2)cc1.Cl. The minimum absolute atomic E-state index is 0. The lowest BCUT2D eigenvalue weighted by Crippen LogP contribution is -2.36. The van der Waals surface area contributed by atoms with Crippen LogP contribution in [0.3, 0.4) is 0 Å². The van der Waals surface area contributed by atoms with Crippen molar-refractivity contribution < 1.29 is 13.2 Å². The monoisotopic (exact) mass is 558 g/mol. The van der Waals surface area contributed by atoms with Crippen molar-refractivity contribution in [2.24, 2.45) is 0 Å². The van der Waals surface area contributed by atoms with Crippen molar-refractivity contribution >= 4 is 66.6 Å². The molecule has 11 heteroatoms. The molecule has 0 saturated heterocycles. The van der Waals surface area contributed by atoms with Gasteiger partial charge < -0.3 is 4.90 Å². The average Bonchev–Trinajstić information content (AvgIpc) is 3.22. The second-order valence-corrected chi connectivity index (χ2v) is 11.6. The quantitative estimate of drug-likeness (QED) is 0.315. The smallest absolute Gasteiger partial charge is 0.260 e. The van der Waals surface area contributed by atoms with Crippen LogP contribution in [0.1, 0.15) is 37.0 Å². The summed E-state index contributed by atoms with van der Waals surface area (Å²) >= 11 is 7.52. The molecule has 7 nitrogen and oxygen atoms in total. The number of sulfonamides is 1. The fraction of sp³-hybridized carbons (Fsp3) is 0.417.